The number of amides is 2. The molecule has 140 valence electrons. The minimum atomic E-state index is -0.616. The number of aromatic nitrogens is 2. The summed E-state index contributed by atoms with van der Waals surface area (Å²) in [5.41, 5.74) is 1.72. The molecule has 0 fully saturated rings. The van der Waals surface area contributed by atoms with Crippen LogP contribution in [0.15, 0.2) is 60.2 Å². The summed E-state index contributed by atoms with van der Waals surface area (Å²) in [6.45, 7) is 4.44. The van der Waals surface area contributed by atoms with E-state index in [1.165, 1.54) is 11.3 Å². The van der Waals surface area contributed by atoms with Gasteiger partial charge in [0.15, 0.2) is 0 Å². The number of nitrogens with zero attached hydrogens (tertiary/aromatic N) is 2. The Labute approximate surface area is 162 Å². The van der Waals surface area contributed by atoms with E-state index in [0.717, 1.165) is 5.56 Å². The lowest BCUT2D eigenvalue weighted by atomic mass is 10.0. The quantitative estimate of drug-likeness (QED) is 0.658. The Morgan fingerprint density at radius 3 is 2.70 bits per heavy atom. The molecule has 0 bridgehead atoms. The number of benzene rings is 1. The molecule has 0 saturated carbocycles. The molecule has 1 unspecified atom stereocenters. The first-order chi connectivity index (χ1) is 13.0. The number of hydrogen-bond donors (Lipinski definition) is 2. The highest BCUT2D eigenvalue weighted by molar-refractivity contribution is 7.12. The van der Waals surface area contributed by atoms with Gasteiger partial charge >= 0.3 is 0 Å². The van der Waals surface area contributed by atoms with Gasteiger partial charge in [-0.3, -0.25) is 14.3 Å². The lowest BCUT2D eigenvalue weighted by Gasteiger charge is -2.21. The van der Waals surface area contributed by atoms with Crippen LogP contribution in [-0.2, 0) is 11.3 Å². The van der Waals surface area contributed by atoms with Gasteiger partial charge in [-0.25, -0.2) is 0 Å². The smallest absolute Gasteiger partial charge is 0.262 e. The van der Waals surface area contributed by atoms with Crippen LogP contribution in [0.4, 0.5) is 5.69 Å². The fourth-order valence-electron chi connectivity index (χ4n) is 2.70. The van der Waals surface area contributed by atoms with Crippen LogP contribution in [0, 0.1) is 5.92 Å². The Hall–Kier alpha value is -2.93. The van der Waals surface area contributed by atoms with E-state index >= 15 is 0 Å². The van der Waals surface area contributed by atoms with Gasteiger partial charge in [0.2, 0.25) is 5.91 Å². The van der Waals surface area contributed by atoms with Gasteiger partial charge in [-0.2, -0.15) is 5.10 Å². The van der Waals surface area contributed by atoms with E-state index in [4.69, 9.17) is 0 Å². The van der Waals surface area contributed by atoms with E-state index in [2.05, 4.69) is 15.7 Å². The average Bonchev–Trinajstić information content (AvgIpc) is 3.33. The van der Waals surface area contributed by atoms with Crippen molar-refractivity contribution in [3.05, 3.63) is 70.7 Å². The predicted molar refractivity (Wildman–Crippen MR) is 107 cm³/mol. The van der Waals surface area contributed by atoms with E-state index in [1.807, 2.05) is 66.5 Å². The molecule has 2 amide bonds. The molecular weight excluding hydrogens is 360 g/mol. The Kier molecular flexibility index (Phi) is 6.03. The summed E-state index contributed by atoms with van der Waals surface area (Å²) in [5, 5.41) is 11.8. The molecular formula is C20H22N4O2S. The van der Waals surface area contributed by atoms with Crippen molar-refractivity contribution in [2.24, 2.45) is 5.92 Å². The lowest BCUT2D eigenvalue weighted by molar-refractivity contribution is -0.118. The zero-order valence-corrected chi connectivity index (χ0v) is 16.1. The molecule has 3 rings (SSSR count). The standard InChI is InChI=1S/C20H22N4O2S/c1-14(2)18(23-19(25)17-8-4-11-27-17)20(26)22-16-7-3-6-15(12-16)13-24-10-5-9-21-24/h3-12,14,18H,13H2,1-2H3,(H,22,26)(H,23,25). The molecule has 0 aliphatic heterocycles. The number of carbonyl (C=O) groups excluding carboxylic acids is 2. The number of nitrogens with one attached hydrogen (secondary N) is 2. The fraction of sp³-hybridized carbons (Fsp3) is 0.250. The summed E-state index contributed by atoms with van der Waals surface area (Å²) in [4.78, 5) is 25.7. The highest BCUT2D eigenvalue weighted by atomic mass is 32.1. The Bertz CT molecular complexity index is 889. The minimum absolute atomic E-state index is 0.0406. The summed E-state index contributed by atoms with van der Waals surface area (Å²) < 4.78 is 1.82. The van der Waals surface area contributed by atoms with Crippen LogP contribution in [0.3, 0.4) is 0 Å². The van der Waals surface area contributed by atoms with Crippen LogP contribution < -0.4 is 10.6 Å². The van der Waals surface area contributed by atoms with Gasteiger partial charge in [0.1, 0.15) is 6.04 Å². The van der Waals surface area contributed by atoms with E-state index in [0.29, 0.717) is 17.1 Å². The molecule has 6 nitrogen and oxygen atoms in total. The van der Waals surface area contributed by atoms with E-state index in [1.54, 1.807) is 12.3 Å². The second-order valence-electron chi connectivity index (χ2n) is 6.57. The Morgan fingerprint density at radius 2 is 2.04 bits per heavy atom. The average molecular weight is 382 g/mol. The largest absolute Gasteiger partial charge is 0.339 e. The maximum absolute atomic E-state index is 12.7. The monoisotopic (exact) mass is 382 g/mol. The number of rotatable bonds is 7. The van der Waals surface area contributed by atoms with Crippen LogP contribution in [0.5, 0.6) is 0 Å². The van der Waals surface area contributed by atoms with E-state index in [9.17, 15) is 9.59 Å². The van der Waals surface area contributed by atoms with Crippen LogP contribution in [-0.4, -0.2) is 27.6 Å². The second kappa shape index (κ2) is 8.64. The first-order valence-corrected chi connectivity index (χ1v) is 9.62. The van der Waals surface area contributed by atoms with Gasteiger partial charge in [0, 0.05) is 18.1 Å². The van der Waals surface area contributed by atoms with Crippen molar-refractivity contribution < 1.29 is 9.59 Å². The third-order valence-corrected chi connectivity index (χ3v) is 4.95. The molecule has 2 N–H and O–H groups in total. The first kappa shape index (κ1) is 18.8. The molecule has 1 aromatic carbocycles. The number of carbonyl (C=O) groups is 2. The molecule has 2 heterocycles. The summed E-state index contributed by atoms with van der Waals surface area (Å²) in [5.74, 6) is -0.501. The van der Waals surface area contributed by atoms with Crippen molar-refractivity contribution in [3.63, 3.8) is 0 Å². The highest BCUT2D eigenvalue weighted by Gasteiger charge is 2.25. The number of anilines is 1. The van der Waals surface area contributed by atoms with Crippen LogP contribution in [0.25, 0.3) is 0 Å². The van der Waals surface area contributed by atoms with Crippen molar-refractivity contribution in [1.29, 1.82) is 0 Å². The van der Waals surface area contributed by atoms with Crippen molar-refractivity contribution in [2.45, 2.75) is 26.4 Å². The summed E-state index contributed by atoms with van der Waals surface area (Å²) >= 11 is 1.35. The SMILES string of the molecule is CC(C)C(NC(=O)c1cccs1)C(=O)Nc1cccc(Cn2cccn2)c1. The summed E-state index contributed by atoms with van der Waals surface area (Å²) in [7, 11) is 0. The molecule has 0 saturated heterocycles. The minimum Gasteiger partial charge on any atom is -0.339 e. The molecule has 0 aliphatic carbocycles. The summed E-state index contributed by atoms with van der Waals surface area (Å²) in [6.07, 6.45) is 3.62. The lowest BCUT2D eigenvalue weighted by Crippen LogP contribution is -2.46. The topological polar surface area (TPSA) is 76.0 Å². The zero-order chi connectivity index (χ0) is 19.2. The maximum Gasteiger partial charge on any atom is 0.262 e. The summed E-state index contributed by atoms with van der Waals surface area (Å²) in [6, 6.07) is 12.4. The first-order valence-electron chi connectivity index (χ1n) is 8.74. The van der Waals surface area contributed by atoms with Gasteiger partial charge in [-0.1, -0.05) is 32.0 Å². The maximum atomic E-state index is 12.7. The van der Waals surface area contributed by atoms with Crippen molar-refractivity contribution >= 4 is 28.8 Å². The second-order valence-corrected chi connectivity index (χ2v) is 7.51. The van der Waals surface area contributed by atoms with Gasteiger partial charge in [-0.15, -0.1) is 11.3 Å². The molecule has 3 aromatic rings. The molecule has 27 heavy (non-hydrogen) atoms. The van der Waals surface area contributed by atoms with Gasteiger partial charge in [0.25, 0.3) is 5.91 Å². The molecule has 2 aromatic heterocycles. The molecule has 7 heteroatoms. The number of thiophene rings is 1. The molecule has 1 atom stereocenters. The van der Waals surface area contributed by atoms with Gasteiger partial charge in [0.05, 0.1) is 11.4 Å². The fourth-order valence-corrected chi connectivity index (χ4v) is 3.33. The Balaban J connectivity index is 1.67. The van der Waals surface area contributed by atoms with Crippen molar-refractivity contribution in [1.82, 2.24) is 15.1 Å². The normalized spacial score (nSPS) is 12.0. The van der Waals surface area contributed by atoms with Crippen LogP contribution >= 0.6 is 11.3 Å². The number of hydrogen-bond acceptors (Lipinski definition) is 4. The van der Waals surface area contributed by atoms with E-state index < -0.39 is 6.04 Å². The van der Waals surface area contributed by atoms with Crippen molar-refractivity contribution in [3.8, 4) is 0 Å². The molecule has 0 spiro atoms. The van der Waals surface area contributed by atoms with Crippen LogP contribution in [0.2, 0.25) is 0 Å². The third-order valence-electron chi connectivity index (χ3n) is 4.08. The molecule has 0 aliphatic rings. The van der Waals surface area contributed by atoms with Gasteiger partial charge in [-0.05, 0) is 41.1 Å². The third kappa shape index (κ3) is 5.04. The van der Waals surface area contributed by atoms with Gasteiger partial charge < -0.3 is 10.6 Å². The molecule has 0 radical (unpaired) electrons. The highest BCUT2D eigenvalue weighted by Crippen LogP contribution is 2.15. The van der Waals surface area contributed by atoms with E-state index in [-0.39, 0.29) is 17.7 Å². The zero-order valence-electron chi connectivity index (χ0n) is 15.3. The predicted octanol–water partition coefficient (Wildman–Crippen LogP) is 3.39. The Morgan fingerprint density at radius 1 is 1.19 bits per heavy atom. The van der Waals surface area contributed by atoms with Crippen molar-refractivity contribution in [2.75, 3.05) is 5.32 Å². The van der Waals surface area contributed by atoms with Crippen LogP contribution in [0.1, 0.15) is 29.1 Å².